The van der Waals surface area contributed by atoms with Crippen LogP contribution in [-0.4, -0.2) is 33.0 Å². The van der Waals surface area contributed by atoms with E-state index < -0.39 is 0 Å². The number of aryl methyl sites for hydroxylation is 5. The molecule has 1 amide bonds. The van der Waals surface area contributed by atoms with E-state index in [2.05, 4.69) is 57.1 Å². The average molecular weight is 544 g/mol. The Morgan fingerprint density at radius 3 is 2.56 bits per heavy atom. The van der Waals surface area contributed by atoms with Crippen molar-refractivity contribution in [3.63, 3.8) is 0 Å². The molecular formula is C26H31BrN4O2S. The molecule has 2 aromatic carbocycles. The number of hydrogen-bond donors (Lipinski definition) is 1. The molecule has 0 unspecified atom stereocenters. The van der Waals surface area contributed by atoms with E-state index in [1.54, 1.807) is 0 Å². The summed E-state index contributed by atoms with van der Waals surface area (Å²) < 4.78 is 8.98. The Kier molecular flexibility index (Phi) is 9.36. The lowest BCUT2D eigenvalue weighted by Crippen LogP contribution is -2.16. The van der Waals surface area contributed by atoms with Crippen LogP contribution in [0.1, 0.15) is 34.5 Å². The van der Waals surface area contributed by atoms with Crippen molar-refractivity contribution in [2.24, 2.45) is 0 Å². The fourth-order valence-electron chi connectivity index (χ4n) is 3.79. The number of nitrogens with one attached hydrogen (secondary N) is 1. The smallest absolute Gasteiger partial charge is 0.234 e. The molecule has 0 fully saturated rings. The van der Waals surface area contributed by atoms with E-state index in [0.29, 0.717) is 18.3 Å². The number of benzene rings is 2. The highest BCUT2D eigenvalue weighted by Crippen LogP contribution is 2.24. The second-order valence-electron chi connectivity index (χ2n) is 8.27. The molecule has 0 spiro atoms. The van der Waals surface area contributed by atoms with Gasteiger partial charge in [0.2, 0.25) is 5.91 Å². The SMILES string of the molecule is C=CCn1c(CCCOc2ccc(Br)cc2C)nnc1SCC(=O)Nc1c(C)cc(C)cc1C. The van der Waals surface area contributed by atoms with E-state index in [0.717, 1.165) is 51.3 Å². The first-order valence-corrected chi connectivity index (χ1v) is 13.0. The Morgan fingerprint density at radius 2 is 1.88 bits per heavy atom. The van der Waals surface area contributed by atoms with Crippen LogP contribution in [0.25, 0.3) is 0 Å². The van der Waals surface area contributed by atoms with Gasteiger partial charge in [-0.1, -0.05) is 51.5 Å². The quantitative estimate of drug-likeness (QED) is 0.177. The van der Waals surface area contributed by atoms with Crippen LogP contribution in [0.3, 0.4) is 0 Å². The third kappa shape index (κ3) is 6.96. The summed E-state index contributed by atoms with van der Waals surface area (Å²) in [5.74, 6) is 1.95. The molecule has 0 radical (unpaired) electrons. The summed E-state index contributed by atoms with van der Waals surface area (Å²) >= 11 is 4.86. The highest BCUT2D eigenvalue weighted by Gasteiger charge is 2.15. The number of nitrogens with zero attached hydrogens (tertiary/aromatic N) is 3. The number of amides is 1. The molecule has 3 rings (SSSR count). The zero-order chi connectivity index (χ0) is 24.7. The molecule has 8 heteroatoms. The van der Waals surface area contributed by atoms with E-state index in [1.807, 2.05) is 49.6 Å². The van der Waals surface area contributed by atoms with Gasteiger partial charge in [0.15, 0.2) is 5.16 Å². The Hall–Kier alpha value is -2.58. The van der Waals surface area contributed by atoms with Gasteiger partial charge in [-0.3, -0.25) is 4.79 Å². The van der Waals surface area contributed by atoms with Crippen LogP contribution in [0.2, 0.25) is 0 Å². The van der Waals surface area contributed by atoms with Crippen LogP contribution in [0.15, 0.2) is 52.6 Å². The largest absolute Gasteiger partial charge is 0.493 e. The number of ether oxygens (including phenoxy) is 1. The van der Waals surface area contributed by atoms with Crippen LogP contribution in [0, 0.1) is 27.7 Å². The van der Waals surface area contributed by atoms with E-state index in [1.165, 1.54) is 17.3 Å². The first kappa shape index (κ1) is 26.0. The van der Waals surface area contributed by atoms with Gasteiger partial charge in [0.1, 0.15) is 11.6 Å². The first-order valence-electron chi connectivity index (χ1n) is 11.2. The minimum atomic E-state index is -0.0620. The van der Waals surface area contributed by atoms with Crippen LogP contribution in [0.5, 0.6) is 5.75 Å². The van der Waals surface area contributed by atoms with Crippen LogP contribution >= 0.6 is 27.7 Å². The average Bonchev–Trinajstić information content (AvgIpc) is 3.15. The van der Waals surface area contributed by atoms with E-state index in [-0.39, 0.29) is 11.7 Å². The van der Waals surface area contributed by atoms with Gasteiger partial charge in [-0.25, -0.2) is 0 Å². The second kappa shape index (κ2) is 12.2. The maximum absolute atomic E-state index is 12.6. The molecule has 1 heterocycles. The lowest BCUT2D eigenvalue weighted by atomic mass is 10.1. The fourth-order valence-corrected chi connectivity index (χ4v) is 5.04. The van der Waals surface area contributed by atoms with Crippen molar-refractivity contribution in [2.75, 3.05) is 17.7 Å². The minimum Gasteiger partial charge on any atom is -0.493 e. The van der Waals surface area contributed by atoms with E-state index >= 15 is 0 Å². The minimum absolute atomic E-state index is 0.0620. The summed E-state index contributed by atoms with van der Waals surface area (Å²) in [7, 11) is 0. The summed E-state index contributed by atoms with van der Waals surface area (Å²) in [5, 5.41) is 12.4. The zero-order valence-electron chi connectivity index (χ0n) is 20.2. The molecule has 0 aliphatic heterocycles. The molecular weight excluding hydrogens is 512 g/mol. The summed E-state index contributed by atoms with van der Waals surface area (Å²) in [6.07, 6.45) is 3.35. The van der Waals surface area contributed by atoms with Crippen LogP contribution < -0.4 is 10.1 Å². The Balaban J connectivity index is 1.56. The van der Waals surface area contributed by atoms with Gasteiger partial charge < -0.3 is 14.6 Å². The molecule has 180 valence electrons. The molecule has 1 aromatic heterocycles. The monoisotopic (exact) mass is 542 g/mol. The third-order valence-corrected chi connectivity index (χ3v) is 6.78. The number of carbonyl (C=O) groups is 1. The molecule has 0 aliphatic carbocycles. The number of thioether (sulfide) groups is 1. The zero-order valence-corrected chi connectivity index (χ0v) is 22.6. The van der Waals surface area contributed by atoms with Crippen molar-refractivity contribution < 1.29 is 9.53 Å². The van der Waals surface area contributed by atoms with Gasteiger partial charge in [0.25, 0.3) is 0 Å². The maximum atomic E-state index is 12.6. The van der Waals surface area contributed by atoms with E-state index in [9.17, 15) is 4.79 Å². The predicted octanol–water partition coefficient (Wildman–Crippen LogP) is 6.20. The lowest BCUT2D eigenvalue weighted by molar-refractivity contribution is -0.113. The van der Waals surface area contributed by atoms with Crippen molar-refractivity contribution in [1.82, 2.24) is 14.8 Å². The number of allylic oxidation sites excluding steroid dienone is 1. The van der Waals surface area contributed by atoms with Gasteiger partial charge in [-0.05, 0) is 69.0 Å². The van der Waals surface area contributed by atoms with Crippen LogP contribution in [0.4, 0.5) is 5.69 Å². The molecule has 0 saturated heterocycles. The van der Waals surface area contributed by atoms with Crippen molar-refractivity contribution in [2.45, 2.75) is 52.2 Å². The molecule has 6 nitrogen and oxygen atoms in total. The number of hydrogen-bond acceptors (Lipinski definition) is 5. The molecule has 1 N–H and O–H groups in total. The molecule has 0 aliphatic rings. The molecule has 34 heavy (non-hydrogen) atoms. The highest BCUT2D eigenvalue weighted by molar-refractivity contribution is 9.10. The third-order valence-electron chi connectivity index (χ3n) is 5.32. The van der Waals surface area contributed by atoms with Crippen molar-refractivity contribution >= 4 is 39.3 Å². The predicted molar refractivity (Wildman–Crippen MR) is 143 cm³/mol. The summed E-state index contributed by atoms with van der Waals surface area (Å²) in [4.78, 5) is 12.6. The van der Waals surface area contributed by atoms with Gasteiger partial charge in [-0.15, -0.1) is 16.8 Å². The lowest BCUT2D eigenvalue weighted by Gasteiger charge is -2.13. The molecule has 0 bridgehead atoms. The van der Waals surface area contributed by atoms with Crippen molar-refractivity contribution in [3.05, 3.63) is 75.5 Å². The number of rotatable bonds is 11. The second-order valence-corrected chi connectivity index (χ2v) is 10.1. The van der Waals surface area contributed by atoms with Gasteiger partial charge in [0, 0.05) is 23.1 Å². The number of halogens is 1. The molecule has 0 atom stereocenters. The molecule has 3 aromatic rings. The van der Waals surface area contributed by atoms with Gasteiger partial charge in [-0.2, -0.15) is 0 Å². The van der Waals surface area contributed by atoms with E-state index in [4.69, 9.17) is 4.74 Å². The summed E-state index contributed by atoms with van der Waals surface area (Å²) in [6, 6.07) is 10.1. The van der Waals surface area contributed by atoms with Gasteiger partial charge >= 0.3 is 0 Å². The number of aromatic nitrogens is 3. The Labute approximate surface area is 214 Å². The number of carbonyl (C=O) groups excluding carboxylic acids is 1. The summed E-state index contributed by atoms with van der Waals surface area (Å²) in [6.45, 7) is 13.1. The standard InChI is InChI=1S/C26H31BrN4O2S/c1-6-11-31-23(8-7-12-33-22-10-9-21(27)15-18(22)3)29-30-26(31)34-16-24(32)28-25-19(4)13-17(2)14-20(25)5/h6,9-10,13-15H,1,7-8,11-12,16H2,2-5H3,(H,28,32). The van der Waals surface area contributed by atoms with Crippen molar-refractivity contribution in [1.29, 1.82) is 0 Å². The fraction of sp³-hybridized carbons (Fsp3) is 0.346. The van der Waals surface area contributed by atoms with Crippen LogP contribution in [-0.2, 0) is 17.8 Å². The Morgan fingerprint density at radius 1 is 1.15 bits per heavy atom. The Bertz CT molecular complexity index is 1150. The van der Waals surface area contributed by atoms with Crippen molar-refractivity contribution in [3.8, 4) is 5.75 Å². The number of anilines is 1. The molecule has 0 saturated carbocycles. The first-order chi connectivity index (χ1) is 16.3. The topological polar surface area (TPSA) is 69.0 Å². The van der Waals surface area contributed by atoms with Gasteiger partial charge in [0.05, 0.1) is 12.4 Å². The summed E-state index contributed by atoms with van der Waals surface area (Å²) in [5.41, 5.74) is 5.29. The maximum Gasteiger partial charge on any atom is 0.234 e. The highest BCUT2D eigenvalue weighted by atomic mass is 79.9. The normalized spacial score (nSPS) is 10.9.